The Bertz CT molecular complexity index is 466. The summed E-state index contributed by atoms with van der Waals surface area (Å²) >= 11 is 1.86. The molecule has 0 spiro atoms. The first-order chi connectivity index (χ1) is 9.81. The van der Waals surface area contributed by atoms with Gasteiger partial charge in [-0.25, -0.2) is 0 Å². The fourth-order valence-corrected chi connectivity index (χ4v) is 3.60. The van der Waals surface area contributed by atoms with E-state index in [4.69, 9.17) is 9.15 Å². The zero-order chi connectivity index (χ0) is 13.8. The Labute approximate surface area is 124 Å². The molecule has 0 amide bonds. The van der Waals surface area contributed by atoms with Gasteiger partial charge < -0.3 is 14.1 Å². The first-order valence-electron chi connectivity index (χ1n) is 7.40. The third-order valence-corrected chi connectivity index (χ3v) is 4.78. The number of rotatable bonds is 4. The molecule has 110 valence electrons. The molecule has 0 N–H and O–H groups in total. The molecule has 3 heterocycles. The Morgan fingerprint density at radius 1 is 1.40 bits per heavy atom. The Hall–Kier alpha value is -0.940. The highest BCUT2D eigenvalue weighted by Gasteiger charge is 2.23. The minimum Gasteiger partial charge on any atom is -0.464 e. The lowest BCUT2D eigenvalue weighted by molar-refractivity contribution is 0.0893. The second kappa shape index (κ2) is 6.68. The number of aliphatic imine (C=N–C) groups is 1. The fraction of sp³-hybridized carbons (Fsp3) is 0.667. The summed E-state index contributed by atoms with van der Waals surface area (Å²) in [7, 11) is 0. The molecule has 5 heteroatoms. The van der Waals surface area contributed by atoms with Crippen molar-refractivity contribution in [3.63, 3.8) is 0 Å². The molecule has 1 unspecified atom stereocenters. The number of aryl methyl sites for hydroxylation is 1. The van der Waals surface area contributed by atoms with E-state index in [1.165, 1.54) is 12.8 Å². The summed E-state index contributed by atoms with van der Waals surface area (Å²) in [6.45, 7) is 5.55. The number of ether oxygens (including phenoxy) is 1. The Kier molecular flexibility index (Phi) is 4.68. The van der Waals surface area contributed by atoms with Gasteiger partial charge in [-0.1, -0.05) is 11.8 Å². The largest absolute Gasteiger partial charge is 0.464 e. The van der Waals surface area contributed by atoms with Crippen molar-refractivity contribution in [2.75, 3.05) is 25.4 Å². The van der Waals surface area contributed by atoms with Crippen LogP contribution in [0.15, 0.2) is 21.5 Å². The van der Waals surface area contributed by atoms with Gasteiger partial charge in [0.15, 0.2) is 5.17 Å². The molecule has 1 atom stereocenters. The van der Waals surface area contributed by atoms with Gasteiger partial charge in [0.1, 0.15) is 11.5 Å². The Balaban J connectivity index is 1.69. The summed E-state index contributed by atoms with van der Waals surface area (Å²) in [6, 6.07) is 4.08. The first-order valence-corrected chi connectivity index (χ1v) is 8.39. The minimum absolute atomic E-state index is 0.344. The van der Waals surface area contributed by atoms with E-state index in [0.29, 0.717) is 6.10 Å². The summed E-state index contributed by atoms with van der Waals surface area (Å²) in [5, 5.41) is 1.15. The molecule has 0 aromatic carbocycles. The van der Waals surface area contributed by atoms with Crippen LogP contribution in [0.4, 0.5) is 0 Å². The van der Waals surface area contributed by atoms with Crippen molar-refractivity contribution in [2.45, 2.75) is 38.8 Å². The molecular formula is C15H22N2O2S. The average Bonchev–Trinajstić information content (AvgIpc) is 3.11. The standard InChI is InChI=1S/C15H22N2O2S/c1-12-5-6-14(19-12)11-17(10-13-4-2-8-18-13)15-16-7-3-9-20-15/h5-6,13H,2-4,7-11H2,1H3. The van der Waals surface area contributed by atoms with Crippen LogP contribution in [-0.2, 0) is 11.3 Å². The molecule has 1 aromatic rings. The highest BCUT2D eigenvalue weighted by molar-refractivity contribution is 8.13. The molecule has 0 saturated carbocycles. The number of furan rings is 1. The van der Waals surface area contributed by atoms with Gasteiger partial charge in [0.2, 0.25) is 0 Å². The maximum atomic E-state index is 5.78. The van der Waals surface area contributed by atoms with E-state index in [1.54, 1.807) is 0 Å². The van der Waals surface area contributed by atoms with Crippen molar-refractivity contribution in [3.05, 3.63) is 23.7 Å². The van der Waals surface area contributed by atoms with Gasteiger partial charge in [-0.15, -0.1) is 0 Å². The molecule has 0 aliphatic carbocycles. The maximum absolute atomic E-state index is 5.78. The molecule has 4 nitrogen and oxygen atoms in total. The summed E-state index contributed by atoms with van der Waals surface area (Å²) in [5.74, 6) is 3.14. The lowest BCUT2D eigenvalue weighted by Crippen LogP contribution is -2.36. The van der Waals surface area contributed by atoms with Crippen LogP contribution in [0, 0.1) is 6.92 Å². The van der Waals surface area contributed by atoms with Crippen LogP contribution >= 0.6 is 11.8 Å². The van der Waals surface area contributed by atoms with Crippen LogP contribution in [0.3, 0.4) is 0 Å². The SMILES string of the molecule is Cc1ccc(CN(CC2CCCO2)C2=NCCCS2)o1. The number of nitrogens with zero attached hydrogens (tertiary/aromatic N) is 2. The van der Waals surface area contributed by atoms with Gasteiger partial charge in [0.25, 0.3) is 0 Å². The predicted octanol–water partition coefficient (Wildman–Crippen LogP) is 3.06. The Morgan fingerprint density at radius 3 is 3.00 bits per heavy atom. The zero-order valence-corrected chi connectivity index (χ0v) is 12.8. The van der Waals surface area contributed by atoms with E-state index < -0.39 is 0 Å². The van der Waals surface area contributed by atoms with Crippen molar-refractivity contribution in [1.29, 1.82) is 0 Å². The number of hydrogen-bond acceptors (Lipinski definition) is 5. The monoisotopic (exact) mass is 294 g/mol. The summed E-state index contributed by atoms with van der Waals surface area (Å²) in [4.78, 5) is 7.01. The van der Waals surface area contributed by atoms with Gasteiger partial charge in [-0.2, -0.15) is 0 Å². The highest BCUT2D eigenvalue weighted by atomic mass is 32.2. The molecule has 1 aromatic heterocycles. The smallest absolute Gasteiger partial charge is 0.159 e. The van der Waals surface area contributed by atoms with Gasteiger partial charge in [0.05, 0.1) is 12.6 Å². The lowest BCUT2D eigenvalue weighted by Gasteiger charge is -2.28. The van der Waals surface area contributed by atoms with E-state index in [2.05, 4.69) is 16.0 Å². The molecule has 2 aliphatic heterocycles. The zero-order valence-electron chi connectivity index (χ0n) is 12.0. The van der Waals surface area contributed by atoms with Crippen molar-refractivity contribution in [3.8, 4) is 0 Å². The second-order valence-electron chi connectivity index (χ2n) is 5.39. The third kappa shape index (κ3) is 3.58. The number of thioether (sulfide) groups is 1. The van der Waals surface area contributed by atoms with Crippen LogP contribution in [0.2, 0.25) is 0 Å². The third-order valence-electron chi connectivity index (χ3n) is 3.64. The van der Waals surface area contributed by atoms with Gasteiger partial charge in [0, 0.05) is 25.4 Å². The van der Waals surface area contributed by atoms with E-state index in [1.807, 2.05) is 24.8 Å². The lowest BCUT2D eigenvalue weighted by atomic mass is 10.2. The van der Waals surface area contributed by atoms with Crippen LogP contribution in [0.1, 0.15) is 30.8 Å². The van der Waals surface area contributed by atoms with Gasteiger partial charge >= 0.3 is 0 Å². The normalized spacial score (nSPS) is 22.9. The van der Waals surface area contributed by atoms with E-state index in [9.17, 15) is 0 Å². The van der Waals surface area contributed by atoms with Crippen molar-refractivity contribution in [1.82, 2.24) is 4.90 Å². The van der Waals surface area contributed by atoms with Crippen LogP contribution in [-0.4, -0.2) is 41.6 Å². The maximum Gasteiger partial charge on any atom is 0.159 e. The van der Waals surface area contributed by atoms with Crippen molar-refractivity contribution >= 4 is 16.9 Å². The van der Waals surface area contributed by atoms with Crippen LogP contribution in [0.5, 0.6) is 0 Å². The first kappa shape index (κ1) is 14.0. The van der Waals surface area contributed by atoms with Crippen molar-refractivity contribution in [2.24, 2.45) is 4.99 Å². The second-order valence-corrected chi connectivity index (χ2v) is 6.46. The average molecular weight is 294 g/mol. The molecule has 0 radical (unpaired) electrons. The van der Waals surface area contributed by atoms with E-state index in [-0.39, 0.29) is 0 Å². The van der Waals surface area contributed by atoms with Crippen molar-refractivity contribution < 1.29 is 9.15 Å². The number of hydrogen-bond donors (Lipinski definition) is 0. The van der Waals surface area contributed by atoms with E-state index >= 15 is 0 Å². The molecule has 2 aliphatic rings. The predicted molar refractivity (Wildman–Crippen MR) is 82.2 cm³/mol. The molecule has 3 rings (SSSR count). The van der Waals surface area contributed by atoms with Gasteiger partial charge in [-0.3, -0.25) is 4.99 Å². The molecule has 0 bridgehead atoms. The summed E-state index contributed by atoms with van der Waals surface area (Å²) < 4.78 is 11.5. The molecule has 1 fully saturated rings. The molecule has 20 heavy (non-hydrogen) atoms. The topological polar surface area (TPSA) is 38.0 Å². The minimum atomic E-state index is 0.344. The summed E-state index contributed by atoms with van der Waals surface area (Å²) in [5.41, 5.74) is 0. The molecule has 1 saturated heterocycles. The van der Waals surface area contributed by atoms with E-state index in [0.717, 1.165) is 55.1 Å². The number of amidine groups is 1. The Morgan fingerprint density at radius 2 is 2.35 bits per heavy atom. The molecular weight excluding hydrogens is 272 g/mol. The van der Waals surface area contributed by atoms with Crippen LogP contribution in [0.25, 0.3) is 0 Å². The quantitative estimate of drug-likeness (QED) is 0.855. The summed E-state index contributed by atoms with van der Waals surface area (Å²) in [6.07, 6.45) is 3.86. The highest BCUT2D eigenvalue weighted by Crippen LogP contribution is 2.22. The van der Waals surface area contributed by atoms with Gasteiger partial charge in [-0.05, 0) is 38.3 Å². The fourth-order valence-electron chi connectivity index (χ4n) is 2.64. The van der Waals surface area contributed by atoms with Crippen LogP contribution < -0.4 is 0 Å².